The van der Waals surface area contributed by atoms with E-state index in [1.807, 2.05) is 18.4 Å². The zero-order valence-electron chi connectivity index (χ0n) is 28.9. The highest BCUT2D eigenvalue weighted by atomic mass is 32.2. The molecule has 3 aromatic rings. The molecular formula is C36H43NO10S. The molecule has 0 N–H and O–H groups in total. The molecule has 0 aromatic heterocycles. The molecule has 0 unspecified atom stereocenters. The number of rotatable bonds is 11. The zero-order valence-corrected chi connectivity index (χ0v) is 29.8. The maximum absolute atomic E-state index is 15.2. The molecule has 0 saturated heterocycles. The van der Waals surface area contributed by atoms with Crippen LogP contribution >= 0.6 is 11.8 Å². The third kappa shape index (κ3) is 6.99. The highest BCUT2D eigenvalue weighted by Crippen LogP contribution is 2.60. The van der Waals surface area contributed by atoms with E-state index < -0.39 is 47.2 Å². The van der Waals surface area contributed by atoms with E-state index in [2.05, 4.69) is 0 Å². The average molecular weight is 682 g/mol. The summed E-state index contributed by atoms with van der Waals surface area (Å²) in [5, 5.41) is 0. The average Bonchev–Trinajstić information content (AvgIpc) is 3.06. The molecule has 1 saturated carbocycles. The summed E-state index contributed by atoms with van der Waals surface area (Å²) in [6.07, 6.45) is 1.02. The van der Waals surface area contributed by atoms with Crippen molar-refractivity contribution < 1.29 is 47.5 Å². The summed E-state index contributed by atoms with van der Waals surface area (Å²) in [6.45, 7) is 5.20. The van der Waals surface area contributed by atoms with Crippen molar-refractivity contribution >= 4 is 35.4 Å². The second-order valence-electron chi connectivity index (χ2n) is 12.0. The van der Waals surface area contributed by atoms with Gasteiger partial charge in [0.1, 0.15) is 5.60 Å². The minimum atomic E-state index is -0.975. The molecule has 3 aromatic carbocycles. The van der Waals surface area contributed by atoms with Crippen molar-refractivity contribution in [2.24, 2.45) is 11.8 Å². The molecule has 48 heavy (non-hydrogen) atoms. The smallest absolute Gasteiger partial charge is 0.421 e. The van der Waals surface area contributed by atoms with Crippen LogP contribution in [0.2, 0.25) is 0 Å². The lowest BCUT2D eigenvalue weighted by atomic mass is 9.52. The van der Waals surface area contributed by atoms with E-state index in [1.54, 1.807) is 63.2 Å². The topological polar surface area (TPSA) is 119 Å². The summed E-state index contributed by atoms with van der Waals surface area (Å²) < 4.78 is 39.0. The summed E-state index contributed by atoms with van der Waals surface area (Å²) >= 11 is 1.39. The van der Waals surface area contributed by atoms with Gasteiger partial charge in [-0.05, 0) is 74.6 Å². The summed E-state index contributed by atoms with van der Waals surface area (Å²) in [4.78, 5) is 44.7. The van der Waals surface area contributed by atoms with Crippen molar-refractivity contribution in [1.29, 1.82) is 0 Å². The largest absolute Gasteiger partial charge is 0.493 e. The number of esters is 1. The fourth-order valence-corrected chi connectivity index (χ4v) is 6.83. The molecule has 1 aliphatic carbocycles. The number of nitrogens with zero attached hydrogens (tertiary/aromatic N) is 1. The van der Waals surface area contributed by atoms with Gasteiger partial charge < -0.3 is 33.2 Å². The van der Waals surface area contributed by atoms with Gasteiger partial charge in [-0.2, -0.15) is 0 Å². The van der Waals surface area contributed by atoms with E-state index in [-0.39, 0.29) is 0 Å². The van der Waals surface area contributed by atoms with Crippen LogP contribution in [-0.2, 0) is 19.1 Å². The number of hydrogen-bond donors (Lipinski definition) is 0. The molecule has 2 amide bonds. The molecule has 4 rings (SSSR count). The first-order chi connectivity index (χ1) is 22.9. The predicted octanol–water partition coefficient (Wildman–Crippen LogP) is 6.71. The highest BCUT2D eigenvalue weighted by Gasteiger charge is 2.61. The SMILES string of the molecule is COC(=O)[C@H]1[C@H](c2ccc(OC)c(OC)c2)[C@H](C(=O)N(C(=O)OC(C)(C)C)c2ccccc2SC)[C@H]1c1cc(OC)c(OC)c(OC)c1. The van der Waals surface area contributed by atoms with Crippen LogP contribution in [0.25, 0.3) is 0 Å². The number of hydrogen-bond acceptors (Lipinski definition) is 11. The van der Waals surface area contributed by atoms with Crippen LogP contribution in [0, 0.1) is 11.8 Å². The van der Waals surface area contributed by atoms with Crippen molar-refractivity contribution in [3.05, 3.63) is 65.7 Å². The molecule has 0 bridgehead atoms. The first-order valence-electron chi connectivity index (χ1n) is 15.2. The summed E-state index contributed by atoms with van der Waals surface area (Å²) in [5.74, 6) is -2.55. The number of ether oxygens (including phenoxy) is 7. The summed E-state index contributed by atoms with van der Waals surface area (Å²) in [5.41, 5.74) is 0.627. The first kappa shape index (κ1) is 36.3. The molecular weight excluding hydrogens is 638 g/mol. The molecule has 11 nitrogen and oxygen atoms in total. The van der Waals surface area contributed by atoms with Crippen molar-refractivity contribution in [2.45, 2.75) is 43.1 Å². The Morgan fingerprint density at radius 2 is 1.25 bits per heavy atom. The Bertz CT molecular complexity index is 1630. The zero-order chi connectivity index (χ0) is 35.3. The molecule has 1 fully saturated rings. The van der Waals surface area contributed by atoms with E-state index in [1.165, 1.54) is 54.4 Å². The Morgan fingerprint density at radius 1 is 0.688 bits per heavy atom. The van der Waals surface area contributed by atoms with Gasteiger partial charge in [0, 0.05) is 16.7 Å². The maximum atomic E-state index is 15.2. The Kier molecular flexibility index (Phi) is 11.4. The van der Waals surface area contributed by atoms with Gasteiger partial charge in [0.05, 0.1) is 60.2 Å². The molecule has 258 valence electrons. The fourth-order valence-electron chi connectivity index (χ4n) is 6.25. The van der Waals surface area contributed by atoms with Crippen LogP contribution in [0.4, 0.5) is 10.5 Å². The molecule has 1 aliphatic rings. The normalized spacial score (nSPS) is 18.5. The van der Waals surface area contributed by atoms with Gasteiger partial charge in [-0.1, -0.05) is 18.2 Å². The number of thioether (sulfide) groups is 1. The highest BCUT2D eigenvalue weighted by molar-refractivity contribution is 7.98. The fraction of sp³-hybridized carbons (Fsp3) is 0.417. The van der Waals surface area contributed by atoms with E-state index >= 15 is 4.79 Å². The van der Waals surface area contributed by atoms with Gasteiger partial charge in [0.15, 0.2) is 23.0 Å². The maximum Gasteiger partial charge on any atom is 0.421 e. The molecule has 0 heterocycles. The standard InChI is InChI=1S/C36H43NO10S/c1-36(2,3)47-35(40)37(22-13-11-12-14-27(22)48-10)33(38)30-28(20-15-16-23(41-4)24(17-20)42-5)31(34(39)46-9)29(30)21-18-25(43-6)32(45-8)26(19-21)44-7/h11-19,28-31H,1-10H3/t28-,29-,30+,31+/m1/s1. The van der Waals surface area contributed by atoms with Gasteiger partial charge in [-0.15, -0.1) is 11.8 Å². The third-order valence-electron chi connectivity index (χ3n) is 8.29. The van der Waals surface area contributed by atoms with Crippen molar-refractivity contribution in [1.82, 2.24) is 0 Å². The van der Waals surface area contributed by atoms with Crippen LogP contribution in [0.5, 0.6) is 28.7 Å². The second kappa shape index (κ2) is 15.1. The molecule has 0 spiro atoms. The first-order valence-corrected chi connectivity index (χ1v) is 16.4. The monoisotopic (exact) mass is 681 g/mol. The predicted molar refractivity (Wildman–Crippen MR) is 182 cm³/mol. The quantitative estimate of drug-likeness (QED) is 0.159. The molecule has 12 heteroatoms. The lowest BCUT2D eigenvalue weighted by Crippen LogP contribution is -2.56. The van der Waals surface area contributed by atoms with Gasteiger partial charge >= 0.3 is 12.1 Å². The molecule has 0 aliphatic heterocycles. The number of imide groups is 1. The van der Waals surface area contributed by atoms with Crippen LogP contribution in [-0.4, -0.2) is 72.5 Å². The Labute approximate surface area is 285 Å². The summed E-state index contributed by atoms with van der Waals surface area (Å²) in [7, 11) is 8.79. The van der Waals surface area contributed by atoms with Crippen LogP contribution in [0.1, 0.15) is 43.7 Å². The number of benzene rings is 3. The lowest BCUT2D eigenvalue weighted by molar-refractivity contribution is -0.156. The Morgan fingerprint density at radius 3 is 1.77 bits per heavy atom. The minimum absolute atomic E-state index is 0.341. The van der Waals surface area contributed by atoms with Gasteiger partial charge in [-0.3, -0.25) is 9.59 Å². The third-order valence-corrected chi connectivity index (χ3v) is 9.08. The van der Waals surface area contributed by atoms with Crippen molar-refractivity contribution in [2.75, 3.05) is 53.8 Å². The van der Waals surface area contributed by atoms with Crippen LogP contribution in [0.15, 0.2) is 59.5 Å². The number of carbonyl (C=O) groups excluding carboxylic acids is 3. The van der Waals surface area contributed by atoms with Gasteiger partial charge in [0.25, 0.3) is 0 Å². The van der Waals surface area contributed by atoms with Crippen LogP contribution in [0.3, 0.4) is 0 Å². The van der Waals surface area contributed by atoms with Gasteiger partial charge in [0.2, 0.25) is 11.7 Å². The van der Waals surface area contributed by atoms with Crippen molar-refractivity contribution in [3.63, 3.8) is 0 Å². The minimum Gasteiger partial charge on any atom is -0.493 e. The van der Waals surface area contributed by atoms with Gasteiger partial charge in [-0.25, -0.2) is 9.69 Å². The lowest BCUT2D eigenvalue weighted by Gasteiger charge is -2.51. The van der Waals surface area contributed by atoms with E-state index in [9.17, 15) is 9.59 Å². The Balaban J connectivity index is 2.02. The number of methoxy groups -OCH3 is 6. The van der Waals surface area contributed by atoms with E-state index in [0.717, 1.165) is 4.90 Å². The number of amides is 2. The second-order valence-corrected chi connectivity index (χ2v) is 12.9. The van der Waals surface area contributed by atoms with E-state index in [4.69, 9.17) is 33.2 Å². The number of para-hydroxylation sites is 1. The summed E-state index contributed by atoms with van der Waals surface area (Å²) in [6, 6.07) is 15.7. The molecule has 0 radical (unpaired) electrons. The van der Waals surface area contributed by atoms with Crippen LogP contribution < -0.4 is 28.6 Å². The number of anilines is 1. The molecule has 4 atom stereocenters. The van der Waals surface area contributed by atoms with E-state index in [0.29, 0.717) is 50.5 Å². The number of carbonyl (C=O) groups is 3. The van der Waals surface area contributed by atoms with Crippen molar-refractivity contribution in [3.8, 4) is 28.7 Å². The Hall–Kier alpha value is -4.58.